The molecule has 1 aromatic rings. The maximum absolute atomic E-state index is 13.4. The van der Waals surface area contributed by atoms with E-state index in [2.05, 4.69) is 4.72 Å². The first-order valence-corrected chi connectivity index (χ1v) is 7.31. The van der Waals surface area contributed by atoms with Crippen LogP contribution in [0.4, 0.5) is 10.1 Å². The number of aliphatic hydroxyl groups is 1. The third kappa shape index (κ3) is 3.95. The number of nitrogens with one attached hydrogen (secondary N) is 1. The Balaban J connectivity index is 3.04. The lowest BCUT2D eigenvalue weighted by Gasteiger charge is -2.11. The molecule has 0 spiro atoms. The molecule has 0 bridgehead atoms. The van der Waals surface area contributed by atoms with Crippen molar-refractivity contribution in [3.63, 3.8) is 0 Å². The van der Waals surface area contributed by atoms with Gasteiger partial charge in [-0.05, 0) is 24.5 Å². The number of nitrogens with zero attached hydrogens (tertiary/aromatic N) is 1. The van der Waals surface area contributed by atoms with Gasteiger partial charge in [-0.3, -0.25) is 10.1 Å². The molecule has 0 aliphatic heterocycles. The van der Waals surface area contributed by atoms with Crippen LogP contribution in [-0.4, -0.2) is 31.6 Å². The molecule has 0 saturated carbocycles. The Morgan fingerprint density at radius 3 is 2.70 bits per heavy atom. The molecular weight excluding hydrogens is 291 g/mol. The summed E-state index contributed by atoms with van der Waals surface area (Å²) in [6.07, 6.45) is 0.383. The highest BCUT2D eigenvalue weighted by atomic mass is 32.2. The van der Waals surface area contributed by atoms with Gasteiger partial charge in [0.25, 0.3) is 0 Å². The number of aliphatic hydroxyl groups excluding tert-OH is 1. The first kappa shape index (κ1) is 16.5. The van der Waals surface area contributed by atoms with Crippen LogP contribution in [0, 0.1) is 21.8 Å². The lowest BCUT2D eigenvalue weighted by atomic mass is 10.1. The number of hydrogen-bond acceptors (Lipinski definition) is 5. The van der Waals surface area contributed by atoms with Gasteiger partial charge in [0, 0.05) is 13.2 Å². The van der Waals surface area contributed by atoms with Crippen LogP contribution in [0.5, 0.6) is 0 Å². The molecule has 7 nitrogen and oxygen atoms in total. The number of para-hydroxylation sites is 1. The number of nitro benzene ring substituents is 1. The van der Waals surface area contributed by atoms with E-state index in [4.69, 9.17) is 5.11 Å². The molecule has 9 heteroatoms. The van der Waals surface area contributed by atoms with Crippen molar-refractivity contribution in [3.8, 4) is 0 Å². The van der Waals surface area contributed by atoms with Gasteiger partial charge in [-0.15, -0.1) is 0 Å². The van der Waals surface area contributed by atoms with Gasteiger partial charge in [0.2, 0.25) is 15.8 Å². The number of sulfonamides is 1. The normalized spacial score (nSPS) is 13.2. The topological polar surface area (TPSA) is 110 Å². The van der Waals surface area contributed by atoms with Crippen molar-refractivity contribution < 1.29 is 22.8 Å². The van der Waals surface area contributed by atoms with Gasteiger partial charge >= 0.3 is 5.69 Å². The smallest absolute Gasteiger partial charge is 0.324 e. The molecule has 1 unspecified atom stereocenters. The molecule has 1 atom stereocenters. The van der Waals surface area contributed by atoms with Crippen LogP contribution in [0.3, 0.4) is 0 Å². The van der Waals surface area contributed by atoms with Gasteiger partial charge in [0.15, 0.2) is 4.90 Å². The van der Waals surface area contributed by atoms with Crippen LogP contribution in [0.1, 0.15) is 13.3 Å². The Kier molecular flexibility index (Phi) is 5.54. The van der Waals surface area contributed by atoms with E-state index in [0.717, 1.165) is 18.2 Å². The molecule has 0 fully saturated rings. The summed E-state index contributed by atoms with van der Waals surface area (Å²) >= 11 is 0. The third-order valence-corrected chi connectivity index (χ3v) is 4.12. The van der Waals surface area contributed by atoms with E-state index in [9.17, 15) is 22.9 Å². The van der Waals surface area contributed by atoms with Gasteiger partial charge in [0.05, 0.1) is 4.92 Å². The second kappa shape index (κ2) is 6.73. The van der Waals surface area contributed by atoms with Crippen molar-refractivity contribution >= 4 is 15.7 Å². The van der Waals surface area contributed by atoms with Gasteiger partial charge < -0.3 is 5.11 Å². The molecule has 0 aromatic heterocycles. The second-order valence-electron chi connectivity index (χ2n) is 4.31. The van der Waals surface area contributed by atoms with E-state index >= 15 is 0 Å². The predicted molar refractivity (Wildman–Crippen MR) is 69.1 cm³/mol. The first-order valence-electron chi connectivity index (χ1n) is 5.83. The fourth-order valence-corrected chi connectivity index (χ4v) is 2.89. The molecule has 20 heavy (non-hydrogen) atoms. The lowest BCUT2D eigenvalue weighted by Crippen LogP contribution is -2.29. The number of hydrogen-bond donors (Lipinski definition) is 2. The summed E-state index contributed by atoms with van der Waals surface area (Å²) in [5.74, 6) is -1.36. The summed E-state index contributed by atoms with van der Waals surface area (Å²) in [4.78, 5) is 8.99. The number of halogens is 1. The maximum Gasteiger partial charge on any atom is 0.324 e. The lowest BCUT2D eigenvalue weighted by molar-refractivity contribution is -0.390. The zero-order chi connectivity index (χ0) is 15.3. The van der Waals surface area contributed by atoms with Gasteiger partial charge in [0.1, 0.15) is 0 Å². The number of rotatable bonds is 7. The van der Waals surface area contributed by atoms with E-state index in [1.807, 2.05) is 0 Å². The summed E-state index contributed by atoms with van der Waals surface area (Å²) in [7, 11) is -4.19. The van der Waals surface area contributed by atoms with Gasteiger partial charge in [-0.25, -0.2) is 13.1 Å². The summed E-state index contributed by atoms with van der Waals surface area (Å²) < 4.78 is 39.5. The molecular formula is C11H15FN2O5S. The summed E-state index contributed by atoms with van der Waals surface area (Å²) in [5, 5.41) is 19.5. The monoisotopic (exact) mass is 306 g/mol. The van der Waals surface area contributed by atoms with Crippen LogP contribution in [0.15, 0.2) is 23.1 Å². The maximum atomic E-state index is 13.4. The van der Waals surface area contributed by atoms with Crippen LogP contribution in [0.2, 0.25) is 0 Å². The summed E-state index contributed by atoms with van der Waals surface area (Å²) in [6, 6.07) is 2.89. The predicted octanol–water partition coefficient (Wildman–Crippen LogP) is 1.03. The number of benzene rings is 1. The van der Waals surface area contributed by atoms with Crippen LogP contribution < -0.4 is 4.72 Å². The van der Waals surface area contributed by atoms with E-state index < -0.39 is 31.3 Å². The first-order chi connectivity index (χ1) is 9.29. The minimum atomic E-state index is -4.19. The zero-order valence-electron chi connectivity index (χ0n) is 10.7. The van der Waals surface area contributed by atoms with Gasteiger partial charge in [-0.2, -0.15) is 4.39 Å². The van der Waals surface area contributed by atoms with Crippen LogP contribution >= 0.6 is 0 Å². The Morgan fingerprint density at radius 1 is 1.50 bits per heavy atom. The quantitative estimate of drug-likeness (QED) is 0.577. The minimum Gasteiger partial charge on any atom is -0.396 e. The Labute approximate surface area is 115 Å². The SMILES string of the molecule is CC(CCO)CNS(=O)(=O)c1cccc(F)c1[N+](=O)[O-]. The molecule has 0 saturated heterocycles. The van der Waals surface area contributed by atoms with Crippen molar-refractivity contribution in [2.45, 2.75) is 18.2 Å². The van der Waals surface area contributed by atoms with Crippen molar-refractivity contribution in [2.24, 2.45) is 5.92 Å². The summed E-state index contributed by atoms with van der Waals surface area (Å²) in [6.45, 7) is 1.61. The molecule has 0 aliphatic rings. The number of nitro groups is 1. The van der Waals surface area contributed by atoms with Crippen molar-refractivity contribution in [3.05, 3.63) is 34.1 Å². The molecule has 1 rings (SSSR count). The fourth-order valence-electron chi connectivity index (χ4n) is 1.54. The summed E-state index contributed by atoms with van der Waals surface area (Å²) in [5.41, 5.74) is -1.07. The molecule has 2 N–H and O–H groups in total. The Hall–Kier alpha value is -1.58. The molecule has 0 aliphatic carbocycles. The van der Waals surface area contributed by atoms with E-state index in [0.29, 0.717) is 6.42 Å². The molecule has 0 radical (unpaired) electrons. The second-order valence-corrected chi connectivity index (χ2v) is 6.05. The van der Waals surface area contributed by atoms with E-state index in [1.54, 1.807) is 6.92 Å². The average Bonchev–Trinajstić information content (AvgIpc) is 2.36. The Bertz CT molecular complexity index is 590. The standard InChI is InChI=1S/C11H15FN2O5S/c1-8(5-6-15)7-13-20(18,19)10-4-2-3-9(12)11(10)14(16)17/h2-4,8,13,15H,5-7H2,1H3. The minimum absolute atomic E-state index is 0.00341. The highest BCUT2D eigenvalue weighted by Gasteiger charge is 2.29. The highest BCUT2D eigenvalue weighted by molar-refractivity contribution is 7.89. The third-order valence-electron chi connectivity index (χ3n) is 2.67. The van der Waals surface area contributed by atoms with E-state index in [1.165, 1.54) is 0 Å². The zero-order valence-corrected chi connectivity index (χ0v) is 11.6. The van der Waals surface area contributed by atoms with E-state index in [-0.39, 0.29) is 19.1 Å². The fraction of sp³-hybridized carbons (Fsp3) is 0.455. The average molecular weight is 306 g/mol. The largest absolute Gasteiger partial charge is 0.396 e. The van der Waals surface area contributed by atoms with Crippen LogP contribution in [-0.2, 0) is 10.0 Å². The molecule has 1 aromatic carbocycles. The van der Waals surface area contributed by atoms with Crippen LogP contribution in [0.25, 0.3) is 0 Å². The molecule has 0 heterocycles. The van der Waals surface area contributed by atoms with Crippen molar-refractivity contribution in [1.29, 1.82) is 0 Å². The Morgan fingerprint density at radius 2 is 2.15 bits per heavy atom. The molecule has 112 valence electrons. The highest BCUT2D eigenvalue weighted by Crippen LogP contribution is 2.26. The molecule has 0 amide bonds. The van der Waals surface area contributed by atoms with Gasteiger partial charge in [-0.1, -0.05) is 13.0 Å². The van der Waals surface area contributed by atoms with Crippen molar-refractivity contribution in [1.82, 2.24) is 4.72 Å². The van der Waals surface area contributed by atoms with Crippen molar-refractivity contribution in [2.75, 3.05) is 13.2 Å².